The second-order valence-electron chi connectivity index (χ2n) is 9.53. The van der Waals surface area contributed by atoms with Gasteiger partial charge < -0.3 is 19.2 Å². The van der Waals surface area contributed by atoms with Gasteiger partial charge in [-0.25, -0.2) is 0 Å². The molecule has 0 radical (unpaired) electrons. The number of carbonyl (C=O) groups is 2. The lowest BCUT2D eigenvalue weighted by atomic mass is 9.76. The van der Waals surface area contributed by atoms with Crippen LogP contribution in [0.25, 0.3) is 0 Å². The van der Waals surface area contributed by atoms with Crippen LogP contribution in [0.3, 0.4) is 0 Å². The summed E-state index contributed by atoms with van der Waals surface area (Å²) >= 11 is 0. The maximum atomic E-state index is 13.6. The molecule has 8 nitrogen and oxygen atoms in total. The van der Waals surface area contributed by atoms with Crippen molar-refractivity contribution in [3.63, 3.8) is 0 Å². The Morgan fingerprint density at radius 3 is 2.46 bits per heavy atom. The van der Waals surface area contributed by atoms with E-state index < -0.39 is 23.3 Å². The zero-order valence-electron chi connectivity index (χ0n) is 19.7. The summed E-state index contributed by atoms with van der Waals surface area (Å²) in [5, 5.41) is 12.9. The number of aryl methyl sites for hydroxylation is 1. The minimum Gasteiger partial charge on any atom is -0.361 e. The smallest absolute Gasteiger partial charge is 0.361 e. The largest absolute Gasteiger partial charge is 0.417 e. The minimum absolute atomic E-state index is 0.198. The number of piperidine rings is 1. The highest BCUT2D eigenvalue weighted by molar-refractivity contribution is 5.92. The standard InChI is InChI=1S/C24H26F3N5O3/c1-15-10-19(29-35-15)21(33)31-8-6-23(7-9-31)12-20(22(34)30(2)3)32(14-23)17-5-4-16(13-28)18(11-17)24(25,26)27/h4-5,10-11,20H,6-9,12,14H2,1-3H3. The van der Waals surface area contributed by atoms with Crippen LogP contribution in [0, 0.1) is 23.7 Å². The Balaban J connectivity index is 1.59. The monoisotopic (exact) mass is 489 g/mol. The van der Waals surface area contributed by atoms with Crippen LogP contribution < -0.4 is 4.90 Å². The van der Waals surface area contributed by atoms with Gasteiger partial charge >= 0.3 is 6.18 Å². The first kappa shape index (κ1) is 24.6. The van der Waals surface area contributed by atoms with Gasteiger partial charge in [0.05, 0.1) is 17.2 Å². The summed E-state index contributed by atoms with van der Waals surface area (Å²) in [6.45, 7) is 2.98. The highest BCUT2D eigenvalue weighted by Gasteiger charge is 2.49. The first-order valence-electron chi connectivity index (χ1n) is 11.3. The number of halogens is 3. The first-order chi connectivity index (χ1) is 16.4. The molecule has 35 heavy (non-hydrogen) atoms. The van der Waals surface area contributed by atoms with Crippen LogP contribution in [0.4, 0.5) is 18.9 Å². The van der Waals surface area contributed by atoms with E-state index in [1.165, 1.54) is 11.0 Å². The molecule has 4 rings (SSSR count). The molecular weight excluding hydrogens is 463 g/mol. The number of alkyl halides is 3. The van der Waals surface area contributed by atoms with E-state index >= 15 is 0 Å². The zero-order chi connectivity index (χ0) is 25.5. The minimum atomic E-state index is -4.69. The molecule has 0 saturated carbocycles. The summed E-state index contributed by atoms with van der Waals surface area (Å²) in [7, 11) is 3.24. The normalized spacial score (nSPS) is 19.6. The molecule has 1 aromatic carbocycles. The maximum Gasteiger partial charge on any atom is 0.417 e. The van der Waals surface area contributed by atoms with E-state index in [0.717, 1.165) is 12.1 Å². The zero-order valence-corrected chi connectivity index (χ0v) is 19.7. The van der Waals surface area contributed by atoms with Crippen molar-refractivity contribution in [3.05, 3.63) is 46.8 Å². The number of benzene rings is 1. The van der Waals surface area contributed by atoms with Crippen LogP contribution in [0.1, 0.15) is 46.6 Å². The van der Waals surface area contributed by atoms with E-state index in [4.69, 9.17) is 9.78 Å². The Hall–Kier alpha value is -3.55. The molecule has 2 aliphatic heterocycles. The molecule has 3 heterocycles. The van der Waals surface area contributed by atoms with Crippen LogP contribution in [0.5, 0.6) is 0 Å². The van der Waals surface area contributed by atoms with Crippen molar-refractivity contribution in [1.82, 2.24) is 15.0 Å². The molecule has 11 heteroatoms. The van der Waals surface area contributed by atoms with Gasteiger partial charge in [-0.15, -0.1) is 0 Å². The topological polar surface area (TPSA) is 93.7 Å². The van der Waals surface area contributed by atoms with E-state index in [1.807, 2.05) is 0 Å². The molecule has 2 aromatic rings. The number of aromatic nitrogens is 1. The maximum absolute atomic E-state index is 13.6. The number of hydrogen-bond donors (Lipinski definition) is 0. The number of rotatable bonds is 3. The van der Waals surface area contributed by atoms with Crippen LogP contribution in [-0.2, 0) is 11.0 Å². The highest BCUT2D eigenvalue weighted by atomic mass is 19.4. The first-order valence-corrected chi connectivity index (χ1v) is 11.3. The molecule has 1 spiro atoms. The molecule has 0 aliphatic carbocycles. The van der Waals surface area contributed by atoms with Gasteiger partial charge in [-0.2, -0.15) is 18.4 Å². The second kappa shape index (κ2) is 8.91. The van der Waals surface area contributed by atoms with Crippen molar-refractivity contribution in [2.45, 2.75) is 38.4 Å². The molecule has 0 bridgehead atoms. The van der Waals surface area contributed by atoms with Gasteiger partial charge in [0.1, 0.15) is 11.8 Å². The summed E-state index contributed by atoms with van der Waals surface area (Å²) in [5.41, 5.74) is -1.31. The number of likely N-dealkylation sites (tertiary alicyclic amines) is 1. The van der Waals surface area contributed by atoms with Crippen LogP contribution in [-0.4, -0.2) is 66.5 Å². The third-order valence-corrected chi connectivity index (χ3v) is 6.95. The lowest BCUT2D eigenvalue weighted by molar-refractivity contribution is -0.137. The average molecular weight is 489 g/mol. The molecular formula is C24H26F3N5O3. The van der Waals surface area contributed by atoms with E-state index in [1.54, 1.807) is 43.0 Å². The number of nitriles is 1. The third kappa shape index (κ3) is 4.70. The second-order valence-corrected chi connectivity index (χ2v) is 9.53. The molecule has 2 fully saturated rings. The fraction of sp³-hybridized carbons (Fsp3) is 0.500. The van der Waals surface area contributed by atoms with Crippen molar-refractivity contribution in [3.8, 4) is 6.07 Å². The molecule has 1 atom stereocenters. The number of carbonyl (C=O) groups excluding carboxylic acids is 2. The van der Waals surface area contributed by atoms with Crippen LogP contribution >= 0.6 is 0 Å². The predicted octanol–water partition coefficient (Wildman–Crippen LogP) is 3.46. The van der Waals surface area contributed by atoms with Crippen molar-refractivity contribution in [2.24, 2.45) is 5.41 Å². The van der Waals surface area contributed by atoms with E-state index in [-0.39, 0.29) is 28.6 Å². The SMILES string of the molecule is Cc1cc(C(=O)N2CCC3(CC2)CC(C(=O)N(C)C)N(c2ccc(C#N)c(C(F)(F)F)c2)C3)no1. The highest BCUT2D eigenvalue weighted by Crippen LogP contribution is 2.46. The van der Waals surface area contributed by atoms with Gasteiger partial charge in [-0.05, 0) is 49.8 Å². The van der Waals surface area contributed by atoms with Crippen LogP contribution in [0.2, 0.25) is 0 Å². The Bertz CT molecular complexity index is 1180. The number of likely N-dealkylation sites (N-methyl/N-ethyl adjacent to an activating group) is 1. The summed E-state index contributed by atoms with van der Waals surface area (Å²) in [5.74, 6) is 0.115. The predicted molar refractivity (Wildman–Crippen MR) is 119 cm³/mol. The van der Waals surface area contributed by atoms with E-state index in [9.17, 15) is 22.8 Å². The fourth-order valence-electron chi connectivity index (χ4n) is 5.06. The quantitative estimate of drug-likeness (QED) is 0.656. The molecule has 1 unspecified atom stereocenters. The molecule has 186 valence electrons. The summed E-state index contributed by atoms with van der Waals surface area (Å²) < 4.78 is 45.8. The molecule has 2 aliphatic rings. The van der Waals surface area contributed by atoms with Crippen LogP contribution in [0.15, 0.2) is 28.8 Å². The van der Waals surface area contributed by atoms with E-state index in [2.05, 4.69) is 5.16 Å². The van der Waals surface area contributed by atoms with Crippen molar-refractivity contribution < 1.29 is 27.3 Å². The van der Waals surface area contributed by atoms with Gasteiger partial charge in [0.2, 0.25) is 5.91 Å². The van der Waals surface area contributed by atoms with E-state index in [0.29, 0.717) is 44.7 Å². The van der Waals surface area contributed by atoms with Gasteiger partial charge in [0.15, 0.2) is 5.69 Å². The summed E-state index contributed by atoms with van der Waals surface area (Å²) in [6.07, 6.45) is -3.02. The van der Waals surface area contributed by atoms with Crippen molar-refractivity contribution >= 4 is 17.5 Å². The molecule has 2 saturated heterocycles. The third-order valence-electron chi connectivity index (χ3n) is 6.95. The molecule has 0 N–H and O–H groups in total. The van der Waals surface area contributed by atoms with Gasteiger partial charge in [-0.3, -0.25) is 9.59 Å². The van der Waals surface area contributed by atoms with Gasteiger partial charge in [0.25, 0.3) is 5.91 Å². The number of hydrogen-bond acceptors (Lipinski definition) is 6. The Morgan fingerprint density at radius 2 is 1.91 bits per heavy atom. The van der Waals surface area contributed by atoms with Gasteiger partial charge in [-0.1, -0.05) is 5.16 Å². The lowest BCUT2D eigenvalue weighted by Crippen LogP contribution is -2.44. The molecule has 2 amide bonds. The van der Waals surface area contributed by atoms with Gasteiger partial charge in [0, 0.05) is 45.5 Å². The number of anilines is 1. The average Bonchev–Trinajstić information content (AvgIpc) is 3.41. The summed E-state index contributed by atoms with van der Waals surface area (Å²) in [6, 6.07) is 6.12. The summed E-state index contributed by atoms with van der Waals surface area (Å²) in [4.78, 5) is 30.7. The van der Waals surface area contributed by atoms with Crippen molar-refractivity contribution in [1.29, 1.82) is 5.26 Å². The number of nitrogens with zero attached hydrogens (tertiary/aromatic N) is 5. The Morgan fingerprint density at radius 1 is 1.23 bits per heavy atom. The number of amides is 2. The van der Waals surface area contributed by atoms with Crippen molar-refractivity contribution in [2.75, 3.05) is 38.6 Å². The lowest BCUT2D eigenvalue weighted by Gasteiger charge is -2.39. The fourth-order valence-corrected chi connectivity index (χ4v) is 5.06. The molecule has 1 aromatic heterocycles. The Labute approximate surface area is 200 Å². The Kier molecular flexibility index (Phi) is 6.25.